The van der Waals surface area contributed by atoms with Gasteiger partial charge in [-0.15, -0.1) is 0 Å². The van der Waals surface area contributed by atoms with Crippen LogP contribution in [-0.2, 0) is 17.9 Å². The summed E-state index contributed by atoms with van der Waals surface area (Å²) in [6.07, 6.45) is 0.470. The van der Waals surface area contributed by atoms with Crippen molar-refractivity contribution < 1.29 is 9.18 Å². The molecule has 1 aliphatic heterocycles. The normalized spacial score (nSPS) is 17.3. The van der Waals surface area contributed by atoms with Crippen LogP contribution in [0, 0.1) is 5.82 Å². The molecule has 98 valence electrons. The number of nitrogens with zero attached hydrogens (tertiary/aromatic N) is 1. The predicted octanol–water partition coefficient (Wildman–Crippen LogP) is 0.606. The molecule has 1 fully saturated rings. The number of carbonyl (C=O) groups excluding carboxylic acids is 1. The standard InChI is InChI=1S/C13H18FN3O/c14-12-2-1-10(8-15)7-11(12)9-17-5-3-13(18)16-4-6-17/h1-2,7H,3-6,8-9,15H2,(H,16,18). The van der Waals surface area contributed by atoms with E-state index in [4.69, 9.17) is 5.73 Å². The molecule has 18 heavy (non-hydrogen) atoms. The predicted molar refractivity (Wildman–Crippen MR) is 67.2 cm³/mol. The van der Waals surface area contributed by atoms with E-state index in [9.17, 15) is 9.18 Å². The summed E-state index contributed by atoms with van der Waals surface area (Å²) in [7, 11) is 0. The van der Waals surface area contributed by atoms with E-state index >= 15 is 0 Å². The van der Waals surface area contributed by atoms with Crippen molar-refractivity contribution in [2.75, 3.05) is 19.6 Å². The Labute approximate surface area is 106 Å². The molecular formula is C13H18FN3O. The number of nitrogens with two attached hydrogens (primary N) is 1. The third-order valence-electron chi connectivity index (χ3n) is 3.15. The van der Waals surface area contributed by atoms with Gasteiger partial charge in [-0.25, -0.2) is 4.39 Å². The smallest absolute Gasteiger partial charge is 0.221 e. The van der Waals surface area contributed by atoms with Crippen LogP contribution >= 0.6 is 0 Å². The van der Waals surface area contributed by atoms with E-state index in [1.54, 1.807) is 12.1 Å². The van der Waals surface area contributed by atoms with Crippen LogP contribution in [0.5, 0.6) is 0 Å². The highest BCUT2D eigenvalue weighted by Crippen LogP contribution is 2.13. The highest BCUT2D eigenvalue weighted by Gasteiger charge is 2.15. The quantitative estimate of drug-likeness (QED) is 0.827. The van der Waals surface area contributed by atoms with Crippen LogP contribution in [0.2, 0.25) is 0 Å². The first-order chi connectivity index (χ1) is 8.69. The van der Waals surface area contributed by atoms with Crippen molar-refractivity contribution in [1.29, 1.82) is 0 Å². The van der Waals surface area contributed by atoms with Crippen LogP contribution in [0.1, 0.15) is 17.5 Å². The molecule has 3 N–H and O–H groups in total. The molecule has 0 aliphatic carbocycles. The Kier molecular flexibility index (Phi) is 4.28. The Morgan fingerprint density at radius 1 is 1.39 bits per heavy atom. The summed E-state index contributed by atoms with van der Waals surface area (Å²) >= 11 is 0. The van der Waals surface area contributed by atoms with Gasteiger partial charge in [0.1, 0.15) is 5.82 Å². The van der Waals surface area contributed by atoms with E-state index in [0.29, 0.717) is 38.2 Å². The van der Waals surface area contributed by atoms with Crippen LogP contribution < -0.4 is 11.1 Å². The van der Waals surface area contributed by atoms with Crippen LogP contribution in [0.4, 0.5) is 4.39 Å². The minimum atomic E-state index is -0.212. The van der Waals surface area contributed by atoms with E-state index in [-0.39, 0.29) is 11.7 Å². The van der Waals surface area contributed by atoms with E-state index in [1.807, 2.05) is 0 Å². The van der Waals surface area contributed by atoms with Crippen molar-refractivity contribution in [1.82, 2.24) is 10.2 Å². The number of carbonyl (C=O) groups is 1. The number of hydrogen-bond donors (Lipinski definition) is 2. The molecule has 0 unspecified atom stereocenters. The van der Waals surface area contributed by atoms with Crippen LogP contribution in [0.25, 0.3) is 0 Å². The maximum atomic E-state index is 13.7. The minimum absolute atomic E-state index is 0.0636. The number of rotatable bonds is 3. The lowest BCUT2D eigenvalue weighted by molar-refractivity contribution is -0.120. The van der Waals surface area contributed by atoms with Crippen molar-refractivity contribution in [3.8, 4) is 0 Å². The summed E-state index contributed by atoms with van der Waals surface area (Å²) in [6, 6.07) is 4.96. The lowest BCUT2D eigenvalue weighted by Crippen LogP contribution is -2.28. The molecule has 0 spiro atoms. The van der Waals surface area contributed by atoms with Crippen LogP contribution in [0.15, 0.2) is 18.2 Å². The van der Waals surface area contributed by atoms with Gasteiger partial charge in [0, 0.05) is 44.7 Å². The number of hydrogen-bond acceptors (Lipinski definition) is 3. The van der Waals surface area contributed by atoms with Gasteiger partial charge in [-0.3, -0.25) is 9.69 Å². The monoisotopic (exact) mass is 251 g/mol. The highest BCUT2D eigenvalue weighted by atomic mass is 19.1. The number of benzene rings is 1. The van der Waals surface area contributed by atoms with Gasteiger partial charge in [-0.2, -0.15) is 0 Å². The summed E-state index contributed by atoms with van der Waals surface area (Å²) in [5, 5.41) is 2.80. The largest absolute Gasteiger partial charge is 0.355 e. The Balaban J connectivity index is 2.05. The molecule has 0 radical (unpaired) electrons. The van der Waals surface area contributed by atoms with Crippen molar-refractivity contribution in [3.63, 3.8) is 0 Å². The van der Waals surface area contributed by atoms with Gasteiger partial charge >= 0.3 is 0 Å². The fourth-order valence-electron chi connectivity index (χ4n) is 2.09. The molecule has 1 aromatic rings. The van der Waals surface area contributed by atoms with Gasteiger partial charge in [0.2, 0.25) is 5.91 Å². The maximum Gasteiger partial charge on any atom is 0.221 e. The number of halogens is 1. The second-order valence-electron chi connectivity index (χ2n) is 4.51. The first-order valence-corrected chi connectivity index (χ1v) is 6.15. The molecule has 5 heteroatoms. The topological polar surface area (TPSA) is 58.4 Å². The Bertz CT molecular complexity index is 436. The molecule has 1 amide bonds. The summed E-state index contributed by atoms with van der Waals surface area (Å²) in [6.45, 7) is 2.97. The van der Waals surface area contributed by atoms with Gasteiger partial charge in [0.25, 0.3) is 0 Å². The van der Waals surface area contributed by atoms with Crippen LogP contribution in [0.3, 0.4) is 0 Å². The zero-order chi connectivity index (χ0) is 13.0. The van der Waals surface area contributed by atoms with Gasteiger partial charge in [-0.1, -0.05) is 12.1 Å². The molecule has 1 heterocycles. The molecule has 0 bridgehead atoms. The minimum Gasteiger partial charge on any atom is -0.355 e. The average molecular weight is 251 g/mol. The summed E-state index contributed by atoms with van der Waals surface area (Å²) in [5.41, 5.74) is 7.13. The average Bonchev–Trinajstić information content (AvgIpc) is 2.57. The molecule has 2 rings (SSSR count). The lowest BCUT2D eigenvalue weighted by Gasteiger charge is -2.19. The first kappa shape index (κ1) is 13.0. The molecule has 1 aliphatic rings. The zero-order valence-electron chi connectivity index (χ0n) is 10.3. The summed E-state index contributed by atoms with van der Waals surface area (Å²) in [4.78, 5) is 13.3. The van der Waals surface area contributed by atoms with Gasteiger partial charge in [-0.05, 0) is 11.6 Å². The lowest BCUT2D eigenvalue weighted by atomic mass is 10.1. The fourth-order valence-corrected chi connectivity index (χ4v) is 2.09. The molecule has 0 atom stereocenters. The van der Waals surface area contributed by atoms with Crippen LogP contribution in [-0.4, -0.2) is 30.4 Å². The fraction of sp³-hybridized carbons (Fsp3) is 0.462. The number of nitrogens with one attached hydrogen (secondary N) is 1. The second-order valence-corrected chi connectivity index (χ2v) is 4.51. The van der Waals surface area contributed by atoms with Gasteiger partial charge < -0.3 is 11.1 Å². The van der Waals surface area contributed by atoms with E-state index < -0.39 is 0 Å². The summed E-state index contributed by atoms with van der Waals surface area (Å²) < 4.78 is 13.7. The summed E-state index contributed by atoms with van der Waals surface area (Å²) in [5.74, 6) is -0.149. The molecule has 0 aromatic heterocycles. The molecule has 1 aromatic carbocycles. The first-order valence-electron chi connectivity index (χ1n) is 6.15. The van der Waals surface area contributed by atoms with E-state index in [2.05, 4.69) is 10.2 Å². The van der Waals surface area contributed by atoms with Gasteiger partial charge in [0.15, 0.2) is 0 Å². The van der Waals surface area contributed by atoms with Crippen molar-refractivity contribution >= 4 is 5.91 Å². The second kappa shape index (κ2) is 5.93. The molecule has 0 saturated carbocycles. The maximum absolute atomic E-state index is 13.7. The van der Waals surface area contributed by atoms with Crippen molar-refractivity contribution in [2.24, 2.45) is 5.73 Å². The van der Waals surface area contributed by atoms with Gasteiger partial charge in [0.05, 0.1) is 0 Å². The zero-order valence-corrected chi connectivity index (χ0v) is 10.3. The highest BCUT2D eigenvalue weighted by molar-refractivity contribution is 5.76. The van der Waals surface area contributed by atoms with E-state index in [1.165, 1.54) is 6.07 Å². The number of amides is 1. The molecular weight excluding hydrogens is 233 g/mol. The Morgan fingerprint density at radius 2 is 2.22 bits per heavy atom. The third-order valence-corrected chi connectivity index (χ3v) is 3.15. The molecule has 1 saturated heterocycles. The van der Waals surface area contributed by atoms with Crippen molar-refractivity contribution in [3.05, 3.63) is 35.1 Å². The van der Waals surface area contributed by atoms with E-state index in [0.717, 1.165) is 12.1 Å². The molecule has 4 nitrogen and oxygen atoms in total. The third kappa shape index (κ3) is 3.27. The Morgan fingerprint density at radius 3 is 3.00 bits per heavy atom. The Hall–Kier alpha value is -1.46. The van der Waals surface area contributed by atoms with Crippen molar-refractivity contribution in [2.45, 2.75) is 19.5 Å². The SMILES string of the molecule is NCc1ccc(F)c(CN2CCNC(=O)CC2)c1.